The number of hydrogen-bond acceptors (Lipinski definition) is 5. The van der Waals surface area contributed by atoms with Crippen molar-refractivity contribution in [2.24, 2.45) is 0 Å². The normalized spacial score (nSPS) is 19.2. The quantitative estimate of drug-likeness (QED) is 0.812. The molecule has 1 atom stereocenters. The van der Waals surface area contributed by atoms with Crippen molar-refractivity contribution in [3.63, 3.8) is 0 Å². The van der Waals surface area contributed by atoms with E-state index in [0.29, 0.717) is 37.6 Å². The Kier molecular flexibility index (Phi) is 5.27. The molecule has 2 heterocycles. The topological polar surface area (TPSA) is 88.1 Å². The van der Waals surface area contributed by atoms with Crippen LogP contribution < -0.4 is 10.1 Å². The minimum atomic E-state index is -0.638. The summed E-state index contributed by atoms with van der Waals surface area (Å²) in [5.41, 5.74) is 3.16. The second-order valence-electron chi connectivity index (χ2n) is 6.86. The van der Waals surface area contributed by atoms with E-state index in [0.717, 1.165) is 16.7 Å². The van der Waals surface area contributed by atoms with Gasteiger partial charge in [-0.15, -0.1) is 0 Å². The molecule has 0 aliphatic carbocycles. The molecule has 0 bridgehead atoms. The van der Waals surface area contributed by atoms with Crippen LogP contribution in [0.25, 0.3) is 0 Å². The molecule has 7 heteroatoms. The lowest BCUT2D eigenvalue weighted by Gasteiger charge is -2.24. The number of rotatable bonds is 5. The number of hydrogen-bond donors (Lipinski definition) is 2. The monoisotopic (exact) mass is 382 g/mol. The van der Waals surface area contributed by atoms with Crippen molar-refractivity contribution in [1.82, 2.24) is 10.2 Å². The van der Waals surface area contributed by atoms with Crippen molar-refractivity contribution >= 4 is 11.8 Å². The molecule has 7 nitrogen and oxygen atoms in total. The maximum absolute atomic E-state index is 12.9. The number of ether oxygens (including phenoxy) is 2. The average Bonchev–Trinajstić information content (AvgIpc) is 2.91. The van der Waals surface area contributed by atoms with E-state index in [-0.39, 0.29) is 25.0 Å². The minimum Gasteiger partial charge on any atom is -0.489 e. The smallest absolute Gasteiger partial charge is 0.255 e. The van der Waals surface area contributed by atoms with Gasteiger partial charge in [-0.3, -0.25) is 9.59 Å². The summed E-state index contributed by atoms with van der Waals surface area (Å²) in [5.74, 6) is 0.262. The van der Waals surface area contributed by atoms with Crippen LogP contribution in [0.1, 0.15) is 27.0 Å². The molecular formula is C21H22N2O5. The van der Waals surface area contributed by atoms with Gasteiger partial charge >= 0.3 is 0 Å². The molecule has 146 valence electrons. The first-order valence-electron chi connectivity index (χ1n) is 9.27. The molecule has 2 aromatic carbocycles. The summed E-state index contributed by atoms with van der Waals surface area (Å²) in [7, 11) is 0. The second kappa shape index (κ2) is 8.00. The molecule has 2 aliphatic heterocycles. The van der Waals surface area contributed by atoms with Crippen LogP contribution in [0.3, 0.4) is 0 Å². The standard InChI is InChI=1S/C21H22N2O5/c24-11-14-4-6-15(7-5-14)12-28-19-3-1-2-16-17(19)10-23(21(16)26)18-13-27-9-8-22-20(18)25/h1-7,18,24H,8-13H2,(H,22,25)/t18-/m0/s1. The maximum Gasteiger partial charge on any atom is 0.255 e. The van der Waals surface area contributed by atoms with Gasteiger partial charge in [-0.2, -0.15) is 0 Å². The average molecular weight is 382 g/mol. The van der Waals surface area contributed by atoms with Gasteiger partial charge in [-0.25, -0.2) is 0 Å². The lowest BCUT2D eigenvalue weighted by molar-refractivity contribution is -0.125. The van der Waals surface area contributed by atoms with Gasteiger partial charge in [0.05, 0.1) is 26.4 Å². The molecule has 2 N–H and O–H groups in total. The van der Waals surface area contributed by atoms with Crippen molar-refractivity contribution in [3.8, 4) is 5.75 Å². The lowest BCUT2D eigenvalue weighted by atomic mass is 10.1. The highest BCUT2D eigenvalue weighted by atomic mass is 16.5. The van der Waals surface area contributed by atoms with E-state index in [4.69, 9.17) is 14.6 Å². The lowest BCUT2D eigenvalue weighted by Crippen LogP contribution is -2.48. The molecule has 0 unspecified atom stereocenters. The number of aliphatic hydroxyl groups excluding tert-OH is 1. The van der Waals surface area contributed by atoms with Crippen LogP contribution in [-0.2, 0) is 29.3 Å². The zero-order valence-corrected chi connectivity index (χ0v) is 15.4. The molecule has 0 radical (unpaired) electrons. The van der Waals surface area contributed by atoms with Crippen molar-refractivity contribution in [2.45, 2.75) is 25.8 Å². The predicted octanol–water partition coefficient (Wildman–Crippen LogP) is 1.23. The summed E-state index contributed by atoms with van der Waals surface area (Å²) in [6.07, 6.45) is 0. The number of benzene rings is 2. The van der Waals surface area contributed by atoms with Crippen LogP contribution in [-0.4, -0.2) is 47.6 Å². The van der Waals surface area contributed by atoms with Gasteiger partial charge in [-0.1, -0.05) is 30.3 Å². The summed E-state index contributed by atoms with van der Waals surface area (Å²) in [4.78, 5) is 26.7. The van der Waals surface area contributed by atoms with E-state index in [1.807, 2.05) is 30.3 Å². The number of nitrogens with zero attached hydrogens (tertiary/aromatic N) is 1. The van der Waals surface area contributed by atoms with Gasteiger partial charge in [0, 0.05) is 17.7 Å². The van der Waals surface area contributed by atoms with Gasteiger partial charge in [0.15, 0.2) is 0 Å². The van der Waals surface area contributed by atoms with Gasteiger partial charge < -0.3 is 24.8 Å². The highest BCUT2D eigenvalue weighted by Crippen LogP contribution is 2.33. The molecule has 28 heavy (non-hydrogen) atoms. The Labute approximate surface area is 162 Å². The first kappa shape index (κ1) is 18.5. The molecule has 1 saturated heterocycles. The van der Waals surface area contributed by atoms with Crippen LogP contribution in [0.5, 0.6) is 5.75 Å². The maximum atomic E-state index is 12.9. The van der Waals surface area contributed by atoms with Gasteiger partial charge in [-0.05, 0) is 23.3 Å². The zero-order valence-electron chi connectivity index (χ0n) is 15.4. The Bertz CT molecular complexity index is 881. The third-order valence-electron chi connectivity index (χ3n) is 5.05. The summed E-state index contributed by atoms with van der Waals surface area (Å²) in [5, 5.41) is 11.9. The zero-order chi connectivity index (χ0) is 19.5. The Balaban J connectivity index is 1.51. The number of amides is 2. The van der Waals surface area contributed by atoms with Crippen LogP contribution in [0, 0.1) is 0 Å². The van der Waals surface area contributed by atoms with E-state index in [1.54, 1.807) is 17.0 Å². The second-order valence-corrected chi connectivity index (χ2v) is 6.86. The van der Waals surface area contributed by atoms with Crippen LogP contribution in [0.4, 0.5) is 0 Å². The summed E-state index contributed by atoms with van der Waals surface area (Å²) in [6, 6.07) is 12.2. The molecule has 2 amide bonds. The van der Waals surface area contributed by atoms with E-state index < -0.39 is 6.04 Å². The van der Waals surface area contributed by atoms with E-state index >= 15 is 0 Å². The molecule has 4 rings (SSSR count). The summed E-state index contributed by atoms with van der Waals surface area (Å²) >= 11 is 0. The number of aliphatic hydroxyl groups is 1. The number of carbonyl (C=O) groups excluding carboxylic acids is 2. The fourth-order valence-corrected chi connectivity index (χ4v) is 3.48. The summed E-state index contributed by atoms with van der Waals surface area (Å²) < 4.78 is 11.4. The first-order valence-corrected chi connectivity index (χ1v) is 9.27. The molecule has 0 saturated carbocycles. The van der Waals surface area contributed by atoms with Gasteiger partial charge in [0.1, 0.15) is 18.4 Å². The van der Waals surface area contributed by atoms with Crippen LogP contribution >= 0.6 is 0 Å². The predicted molar refractivity (Wildman–Crippen MR) is 101 cm³/mol. The van der Waals surface area contributed by atoms with E-state index in [9.17, 15) is 9.59 Å². The van der Waals surface area contributed by atoms with Crippen molar-refractivity contribution in [3.05, 3.63) is 64.7 Å². The SMILES string of the molecule is O=C1NCCOC[C@@H]1N1Cc2c(OCc3ccc(CO)cc3)cccc2C1=O. The Morgan fingerprint density at radius 2 is 1.93 bits per heavy atom. The molecular weight excluding hydrogens is 360 g/mol. The fourth-order valence-electron chi connectivity index (χ4n) is 3.48. The van der Waals surface area contributed by atoms with Crippen LogP contribution in [0.2, 0.25) is 0 Å². The number of fused-ring (bicyclic) bond motifs is 1. The van der Waals surface area contributed by atoms with Gasteiger partial charge in [0.2, 0.25) is 5.91 Å². The van der Waals surface area contributed by atoms with Crippen molar-refractivity contribution in [2.75, 3.05) is 19.8 Å². The number of nitrogens with one attached hydrogen (secondary N) is 1. The molecule has 2 aromatic rings. The van der Waals surface area contributed by atoms with Gasteiger partial charge in [0.25, 0.3) is 5.91 Å². The summed E-state index contributed by atoms with van der Waals surface area (Å²) in [6.45, 7) is 1.76. The molecule has 1 fully saturated rings. The van der Waals surface area contributed by atoms with E-state index in [1.165, 1.54) is 0 Å². The van der Waals surface area contributed by atoms with Crippen LogP contribution in [0.15, 0.2) is 42.5 Å². The van der Waals surface area contributed by atoms with E-state index in [2.05, 4.69) is 5.32 Å². The van der Waals surface area contributed by atoms with Crippen molar-refractivity contribution in [1.29, 1.82) is 0 Å². The fraction of sp³-hybridized carbons (Fsp3) is 0.333. The molecule has 0 spiro atoms. The largest absolute Gasteiger partial charge is 0.489 e. The highest BCUT2D eigenvalue weighted by Gasteiger charge is 2.38. The minimum absolute atomic E-state index is 0.00371. The molecule has 2 aliphatic rings. The first-order chi connectivity index (χ1) is 13.7. The van der Waals surface area contributed by atoms with Crippen molar-refractivity contribution < 1.29 is 24.2 Å². The Morgan fingerprint density at radius 1 is 1.14 bits per heavy atom. The third kappa shape index (κ3) is 3.58. The number of carbonyl (C=O) groups is 2. The Morgan fingerprint density at radius 3 is 2.71 bits per heavy atom. The highest BCUT2D eigenvalue weighted by molar-refractivity contribution is 6.01. The Hall–Kier alpha value is -2.90. The third-order valence-corrected chi connectivity index (χ3v) is 5.05. The molecule has 0 aromatic heterocycles.